The molecule has 0 aromatic carbocycles. The molecule has 234 valence electrons. The molecule has 17 heteroatoms. The Bertz CT molecular complexity index is 1300. The minimum absolute atomic E-state index is 0.0927. The van der Waals surface area contributed by atoms with Gasteiger partial charge in [0.25, 0.3) is 5.91 Å². The highest BCUT2D eigenvalue weighted by Crippen LogP contribution is 2.21. The van der Waals surface area contributed by atoms with Crippen LogP contribution in [0.1, 0.15) is 30.1 Å². The van der Waals surface area contributed by atoms with Crippen LogP contribution in [0, 0.1) is 0 Å². The summed E-state index contributed by atoms with van der Waals surface area (Å²) < 4.78 is 12.6. The zero-order chi connectivity index (χ0) is 31.8. The number of nitrogens with one attached hydrogen (secondary N) is 2. The number of carbonyl (C=O) groups is 5. The lowest BCUT2D eigenvalue weighted by Gasteiger charge is -2.32. The molecule has 0 saturated carbocycles. The Kier molecular flexibility index (Phi) is 14.1. The first-order valence-electron chi connectivity index (χ1n) is 13.1. The Balaban J connectivity index is 0.000000455. The normalized spacial score (nSPS) is 13.1. The summed E-state index contributed by atoms with van der Waals surface area (Å²) in [5.41, 5.74) is 2.34. The number of fused-ring (bicyclic) bond motifs is 1. The fraction of sp³-hybridized carbons (Fsp3) is 0.423. The molecule has 1 fully saturated rings. The number of aliphatic carboxylic acids is 4. The maximum Gasteiger partial charge on any atom is 0.254 e. The summed E-state index contributed by atoms with van der Waals surface area (Å²) in [7, 11) is 0. The van der Waals surface area contributed by atoms with Gasteiger partial charge >= 0.3 is 0 Å². The molecule has 43 heavy (non-hydrogen) atoms. The zero-order valence-corrected chi connectivity index (χ0v) is 23.2. The number of ether oxygens (including phenoxy) is 1. The van der Waals surface area contributed by atoms with E-state index in [1.165, 1.54) is 12.5 Å². The van der Waals surface area contributed by atoms with Crippen molar-refractivity contribution in [1.82, 2.24) is 24.8 Å². The number of hydrogen-bond donors (Lipinski definition) is 2. The summed E-state index contributed by atoms with van der Waals surface area (Å²) in [6, 6.07) is 5.93. The van der Waals surface area contributed by atoms with Gasteiger partial charge in [-0.1, -0.05) is 0 Å². The highest BCUT2D eigenvalue weighted by molar-refractivity contribution is 6.25. The molecule has 3 aromatic heterocycles. The van der Waals surface area contributed by atoms with Crippen molar-refractivity contribution in [3.63, 3.8) is 0 Å². The van der Waals surface area contributed by atoms with Gasteiger partial charge in [-0.05, 0) is 38.0 Å². The molecular weight excluding hydrogens is 572 g/mol. The monoisotopic (exact) mass is 602 g/mol. The van der Waals surface area contributed by atoms with Crippen molar-refractivity contribution < 1.29 is 53.6 Å². The van der Waals surface area contributed by atoms with Gasteiger partial charge in [-0.15, -0.1) is 0 Å². The van der Waals surface area contributed by atoms with Gasteiger partial charge in [0.15, 0.2) is 5.65 Å². The van der Waals surface area contributed by atoms with Crippen molar-refractivity contribution in [2.45, 2.75) is 32.4 Å². The number of likely N-dealkylation sites (tertiary alicyclic amines) is 1. The van der Waals surface area contributed by atoms with Gasteiger partial charge in [0, 0.05) is 45.0 Å². The maximum absolute atomic E-state index is 12.0. The third-order valence-corrected chi connectivity index (χ3v) is 5.92. The lowest BCUT2D eigenvalue weighted by Crippen LogP contribution is -2.43. The van der Waals surface area contributed by atoms with Crippen LogP contribution < -0.4 is 31.1 Å². The molecule has 4 heterocycles. The van der Waals surface area contributed by atoms with E-state index in [1.807, 2.05) is 19.1 Å². The molecule has 0 bridgehead atoms. The van der Waals surface area contributed by atoms with E-state index in [1.54, 1.807) is 12.3 Å². The SMILES string of the molecule is CCOCCn1c(NC2CCN(CCNC(=O)c3ccoc3)CC2)nc2cccnc21.O=C([O-])C(=O)[O-].O=C([O-])C(=O)[O-]. The summed E-state index contributed by atoms with van der Waals surface area (Å²) >= 11 is 0. The van der Waals surface area contributed by atoms with Gasteiger partial charge in [0.1, 0.15) is 11.8 Å². The van der Waals surface area contributed by atoms with Crippen LogP contribution in [0.25, 0.3) is 11.2 Å². The van der Waals surface area contributed by atoms with Crippen molar-refractivity contribution in [3.05, 3.63) is 42.5 Å². The quantitative estimate of drug-likeness (QED) is 0.163. The van der Waals surface area contributed by atoms with Crippen LogP contribution in [0.15, 0.2) is 41.3 Å². The molecule has 0 atom stereocenters. The number of anilines is 1. The van der Waals surface area contributed by atoms with E-state index < -0.39 is 23.9 Å². The first-order chi connectivity index (χ1) is 20.5. The van der Waals surface area contributed by atoms with Crippen LogP contribution in [0.5, 0.6) is 0 Å². The second kappa shape index (κ2) is 17.7. The molecule has 1 amide bonds. The Morgan fingerprint density at radius 3 is 2.21 bits per heavy atom. The number of aromatic nitrogens is 3. The van der Waals surface area contributed by atoms with Gasteiger partial charge in [-0.3, -0.25) is 9.36 Å². The van der Waals surface area contributed by atoms with Crippen molar-refractivity contribution in [2.24, 2.45) is 0 Å². The fourth-order valence-electron chi connectivity index (χ4n) is 3.89. The summed E-state index contributed by atoms with van der Waals surface area (Å²) in [4.78, 5) is 59.3. The number of hydrogen-bond acceptors (Lipinski definition) is 15. The summed E-state index contributed by atoms with van der Waals surface area (Å²) in [5.74, 6) is -7.97. The Morgan fingerprint density at radius 2 is 1.65 bits per heavy atom. The molecule has 4 rings (SSSR count). The molecule has 17 nitrogen and oxygen atoms in total. The van der Waals surface area contributed by atoms with Crippen molar-refractivity contribution in [1.29, 1.82) is 0 Å². The maximum atomic E-state index is 12.0. The van der Waals surface area contributed by atoms with Crippen molar-refractivity contribution >= 4 is 46.9 Å². The first-order valence-corrected chi connectivity index (χ1v) is 13.1. The predicted molar refractivity (Wildman–Crippen MR) is 138 cm³/mol. The van der Waals surface area contributed by atoms with Crippen LogP contribution in [0.4, 0.5) is 5.95 Å². The molecule has 2 N–H and O–H groups in total. The van der Waals surface area contributed by atoms with Gasteiger partial charge in [-0.25, -0.2) is 9.97 Å². The van der Waals surface area contributed by atoms with E-state index >= 15 is 0 Å². The molecular formula is C26H30N6O11-4. The number of carbonyl (C=O) groups excluding carboxylic acids is 5. The summed E-state index contributed by atoms with van der Waals surface area (Å²) in [6.07, 6.45) is 6.82. The van der Waals surface area contributed by atoms with E-state index in [0.29, 0.717) is 31.4 Å². The number of imidazole rings is 1. The van der Waals surface area contributed by atoms with E-state index in [-0.39, 0.29) is 5.91 Å². The molecule has 1 saturated heterocycles. The predicted octanol–water partition coefficient (Wildman–Crippen LogP) is -4.66. The van der Waals surface area contributed by atoms with Crippen LogP contribution in [-0.4, -0.2) is 94.7 Å². The number of nitrogens with zero attached hydrogens (tertiary/aromatic N) is 4. The summed E-state index contributed by atoms with van der Waals surface area (Å²) in [6.45, 7) is 7.49. The number of carboxylic acids is 4. The Labute approximate surface area is 245 Å². The highest BCUT2D eigenvalue weighted by Gasteiger charge is 2.21. The molecule has 1 aliphatic heterocycles. The largest absolute Gasteiger partial charge is 0.543 e. The third kappa shape index (κ3) is 11.8. The highest BCUT2D eigenvalue weighted by atomic mass is 16.5. The van der Waals surface area contributed by atoms with Gasteiger partial charge < -0.3 is 64.3 Å². The minimum Gasteiger partial charge on any atom is -0.543 e. The lowest BCUT2D eigenvalue weighted by molar-refractivity contribution is -0.345. The standard InChI is InChI=1S/C22H30N6O3.2C2H2O4/c1-2-30-15-13-28-20-19(4-3-8-23-20)26-22(28)25-18-5-10-27(11-6-18)12-9-24-21(29)17-7-14-31-16-17;2*3-1(4)2(5)6/h3-4,7-8,14,16,18H,2,5-6,9-13,15H2,1H3,(H,24,29)(H,25,26);2*(H,3,4)(H,5,6)/p-4. The average Bonchev–Trinajstić information content (AvgIpc) is 3.63. The molecule has 1 aliphatic rings. The van der Waals surface area contributed by atoms with Crippen molar-refractivity contribution in [2.75, 3.05) is 44.7 Å². The number of amides is 1. The smallest absolute Gasteiger partial charge is 0.254 e. The topological polar surface area (TPSA) is 258 Å². The molecule has 0 aliphatic carbocycles. The number of furan rings is 1. The van der Waals surface area contributed by atoms with Crippen LogP contribution >= 0.6 is 0 Å². The fourth-order valence-corrected chi connectivity index (χ4v) is 3.89. The van der Waals surface area contributed by atoms with Gasteiger partial charge in [-0.2, -0.15) is 0 Å². The van der Waals surface area contributed by atoms with Crippen LogP contribution in [0.2, 0.25) is 0 Å². The second-order valence-electron chi connectivity index (χ2n) is 8.81. The molecule has 0 spiro atoms. The Hall–Kier alpha value is -5.03. The summed E-state index contributed by atoms with van der Waals surface area (Å²) in [5, 5.41) is 42.3. The Morgan fingerprint density at radius 1 is 1.00 bits per heavy atom. The van der Waals surface area contributed by atoms with Crippen LogP contribution in [0.3, 0.4) is 0 Å². The third-order valence-electron chi connectivity index (χ3n) is 5.92. The molecule has 0 radical (unpaired) electrons. The number of rotatable bonds is 10. The van der Waals surface area contributed by atoms with E-state index in [2.05, 4.69) is 25.1 Å². The van der Waals surface area contributed by atoms with Crippen molar-refractivity contribution in [3.8, 4) is 0 Å². The zero-order valence-electron chi connectivity index (χ0n) is 23.2. The van der Waals surface area contributed by atoms with Gasteiger partial charge in [0.2, 0.25) is 5.95 Å². The number of carboxylic acid groups (broad SMARTS) is 4. The van der Waals surface area contributed by atoms with E-state index in [9.17, 15) is 4.79 Å². The van der Waals surface area contributed by atoms with Gasteiger partial charge in [0.05, 0.1) is 48.9 Å². The molecule has 0 unspecified atom stereocenters. The number of piperidine rings is 1. The molecule has 3 aromatic rings. The average molecular weight is 603 g/mol. The first kappa shape index (κ1) is 34.2. The number of pyridine rings is 1. The van der Waals surface area contributed by atoms with E-state index in [4.69, 9.17) is 53.7 Å². The van der Waals surface area contributed by atoms with Crippen LogP contribution in [-0.2, 0) is 30.5 Å². The lowest BCUT2D eigenvalue weighted by atomic mass is 10.1. The second-order valence-corrected chi connectivity index (χ2v) is 8.81. The minimum atomic E-state index is -2.19. The van der Waals surface area contributed by atoms with E-state index in [0.717, 1.165) is 56.1 Å².